The van der Waals surface area contributed by atoms with Gasteiger partial charge in [0.2, 0.25) is 0 Å². The van der Waals surface area contributed by atoms with Gasteiger partial charge in [-0.05, 0) is 52.2 Å². The van der Waals surface area contributed by atoms with E-state index in [-0.39, 0.29) is 6.29 Å². The van der Waals surface area contributed by atoms with E-state index >= 15 is 0 Å². The number of hydrogen-bond acceptors (Lipinski definition) is 4. The Morgan fingerprint density at radius 2 is 1.81 bits per heavy atom. The minimum atomic E-state index is -0.0864. The van der Waals surface area contributed by atoms with Gasteiger partial charge in [0.25, 0.3) is 0 Å². The van der Waals surface area contributed by atoms with E-state index in [1.165, 1.54) is 12.8 Å². The van der Waals surface area contributed by atoms with E-state index < -0.39 is 0 Å². The van der Waals surface area contributed by atoms with Gasteiger partial charge in [-0.3, -0.25) is 0 Å². The predicted octanol–water partition coefficient (Wildman–Crippen LogP) is 0.975. The fourth-order valence-corrected chi connectivity index (χ4v) is 2.03. The highest BCUT2D eigenvalue weighted by molar-refractivity contribution is 4.70. The molecular formula is C12H26N2O2. The van der Waals surface area contributed by atoms with Gasteiger partial charge in [-0.2, -0.15) is 0 Å². The number of piperidine rings is 1. The molecule has 0 bridgehead atoms. The standard InChI is InChI=1S/C12H26N2O2/c1-3-15-12(16-4-2)10-14-9-11-5-7-13-8-6-11/h11-14H,3-10H2,1-2H3. The van der Waals surface area contributed by atoms with Crippen LogP contribution in [-0.4, -0.2) is 45.7 Å². The molecule has 1 aliphatic rings. The van der Waals surface area contributed by atoms with Crippen molar-refractivity contribution in [3.8, 4) is 0 Å². The van der Waals surface area contributed by atoms with E-state index in [0.717, 1.165) is 32.1 Å². The van der Waals surface area contributed by atoms with Crippen molar-refractivity contribution in [2.24, 2.45) is 5.92 Å². The van der Waals surface area contributed by atoms with Crippen molar-refractivity contribution in [2.45, 2.75) is 33.0 Å². The Balaban J connectivity index is 2.06. The van der Waals surface area contributed by atoms with Crippen molar-refractivity contribution >= 4 is 0 Å². The van der Waals surface area contributed by atoms with Crippen LogP contribution in [0.5, 0.6) is 0 Å². The lowest BCUT2D eigenvalue weighted by Gasteiger charge is -2.24. The fraction of sp³-hybridized carbons (Fsp3) is 1.00. The van der Waals surface area contributed by atoms with Crippen LogP contribution in [0.3, 0.4) is 0 Å². The van der Waals surface area contributed by atoms with E-state index in [1.54, 1.807) is 0 Å². The third kappa shape index (κ3) is 5.80. The summed E-state index contributed by atoms with van der Waals surface area (Å²) in [6.45, 7) is 9.61. The predicted molar refractivity (Wildman–Crippen MR) is 65.5 cm³/mol. The maximum atomic E-state index is 5.47. The zero-order valence-corrected chi connectivity index (χ0v) is 10.6. The van der Waals surface area contributed by atoms with Crippen LogP contribution in [0.2, 0.25) is 0 Å². The molecule has 0 aromatic carbocycles. The Bertz CT molecular complexity index is 155. The zero-order valence-electron chi connectivity index (χ0n) is 10.6. The molecule has 0 radical (unpaired) electrons. The molecule has 16 heavy (non-hydrogen) atoms. The van der Waals surface area contributed by atoms with Crippen LogP contribution in [-0.2, 0) is 9.47 Å². The van der Waals surface area contributed by atoms with E-state index in [9.17, 15) is 0 Å². The van der Waals surface area contributed by atoms with Crippen molar-refractivity contribution in [1.82, 2.24) is 10.6 Å². The molecule has 0 aromatic heterocycles. The Hall–Kier alpha value is -0.160. The highest BCUT2D eigenvalue weighted by Crippen LogP contribution is 2.09. The van der Waals surface area contributed by atoms with Crippen molar-refractivity contribution < 1.29 is 9.47 Å². The highest BCUT2D eigenvalue weighted by atomic mass is 16.7. The minimum absolute atomic E-state index is 0.0864. The second-order valence-corrected chi connectivity index (χ2v) is 4.19. The molecule has 1 fully saturated rings. The first-order valence-electron chi connectivity index (χ1n) is 6.51. The van der Waals surface area contributed by atoms with E-state index in [0.29, 0.717) is 13.2 Å². The molecule has 1 saturated heterocycles. The number of rotatable bonds is 8. The molecule has 0 aromatic rings. The molecule has 96 valence electrons. The lowest BCUT2D eigenvalue weighted by Crippen LogP contribution is -2.37. The molecule has 1 heterocycles. The van der Waals surface area contributed by atoms with Crippen molar-refractivity contribution in [3.63, 3.8) is 0 Å². The largest absolute Gasteiger partial charge is 0.352 e. The lowest BCUT2D eigenvalue weighted by molar-refractivity contribution is -0.133. The van der Waals surface area contributed by atoms with E-state index in [2.05, 4.69) is 10.6 Å². The number of ether oxygens (including phenoxy) is 2. The zero-order chi connectivity index (χ0) is 11.6. The number of nitrogens with one attached hydrogen (secondary N) is 2. The first-order valence-corrected chi connectivity index (χ1v) is 6.51. The average Bonchev–Trinajstić information content (AvgIpc) is 2.31. The third-order valence-electron chi connectivity index (χ3n) is 2.91. The van der Waals surface area contributed by atoms with Gasteiger partial charge >= 0.3 is 0 Å². The Labute approximate surface area is 99.1 Å². The molecule has 1 aliphatic heterocycles. The quantitative estimate of drug-likeness (QED) is 0.610. The van der Waals surface area contributed by atoms with Crippen LogP contribution in [0, 0.1) is 5.92 Å². The summed E-state index contributed by atoms with van der Waals surface area (Å²) in [6.07, 6.45) is 2.47. The van der Waals surface area contributed by atoms with Crippen LogP contribution in [0.1, 0.15) is 26.7 Å². The topological polar surface area (TPSA) is 42.5 Å². The second-order valence-electron chi connectivity index (χ2n) is 4.19. The van der Waals surface area contributed by atoms with Gasteiger partial charge in [0.15, 0.2) is 6.29 Å². The monoisotopic (exact) mass is 230 g/mol. The van der Waals surface area contributed by atoms with Crippen molar-refractivity contribution in [3.05, 3.63) is 0 Å². The van der Waals surface area contributed by atoms with Crippen LogP contribution < -0.4 is 10.6 Å². The molecule has 2 N–H and O–H groups in total. The Morgan fingerprint density at radius 1 is 1.19 bits per heavy atom. The summed E-state index contributed by atoms with van der Waals surface area (Å²) in [6, 6.07) is 0. The fourth-order valence-electron chi connectivity index (χ4n) is 2.03. The summed E-state index contributed by atoms with van der Waals surface area (Å²) >= 11 is 0. The molecule has 4 nitrogen and oxygen atoms in total. The molecule has 1 rings (SSSR count). The summed E-state index contributed by atoms with van der Waals surface area (Å²) in [5.41, 5.74) is 0. The summed E-state index contributed by atoms with van der Waals surface area (Å²) in [5.74, 6) is 0.810. The normalized spacial score (nSPS) is 18.2. The Kier molecular flexibility index (Phi) is 7.76. The minimum Gasteiger partial charge on any atom is -0.352 e. The smallest absolute Gasteiger partial charge is 0.169 e. The third-order valence-corrected chi connectivity index (χ3v) is 2.91. The molecule has 0 aliphatic carbocycles. The van der Waals surface area contributed by atoms with Gasteiger partial charge in [-0.15, -0.1) is 0 Å². The molecule has 4 heteroatoms. The van der Waals surface area contributed by atoms with Crippen molar-refractivity contribution in [2.75, 3.05) is 39.4 Å². The number of hydrogen-bond donors (Lipinski definition) is 2. The molecule has 0 amide bonds. The molecule has 0 atom stereocenters. The average molecular weight is 230 g/mol. The lowest BCUT2D eigenvalue weighted by atomic mass is 9.98. The SMILES string of the molecule is CCOC(CNCC1CCNCC1)OCC. The molecule has 0 saturated carbocycles. The van der Waals surface area contributed by atoms with Gasteiger partial charge in [0.1, 0.15) is 0 Å². The van der Waals surface area contributed by atoms with Crippen molar-refractivity contribution in [1.29, 1.82) is 0 Å². The van der Waals surface area contributed by atoms with Gasteiger partial charge in [-0.25, -0.2) is 0 Å². The van der Waals surface area contributed by atoms with Gasteiger partial charge in [0.05, 0.1) is 0 Å². The molecular weight excluding hydrogens is 204 g/mol. The second kappa shape index (κ2) is 8.93. The first-order chi connectivity index (χ1) is 7.86. The molecule has 0 spiro atoms. The Morgan fingerprint density at radius 3 is 2.38 bits per heavy atom. The van der Waals surface area contributed by atoms with Crippen LogP contribution in [0.15, 0.2) is 0 Å². The van der Waals surface area contributed by atoms with E-state index in [4.69, 9.17) is 9.47 Å². The van der Waals surface area contributed by atoms with Crippen LogP contribution in [0.4, 0.5) is 0 Å². The van der Waals surface area contributed by atoms with Crippen LogP contribution >= 0.6 is 0 Å². The highest BCUT2D eigenvalue weighted by Gasteiger charge is 2.13. The summed E-state index contributed by atoms with van der Waals surface area (Å²) < 4.78 is 10.9. The maximum Gasteiger partial charge on any atom is 0.169 e. The molecule has 0 unspecified atom stereocenters. The summed E-state index contributed by atoms with van der Waals surface area (Å²) in [7, 11) is 0. The van der Waals surface area contributed by atoms with Gasteiger partial charge < -0.3 is 20.1 Å². The van der Waals surface area contributed by atoms with Gasteiger partial charge in [-0.1, -0.05) is 0 Å². The van der Waals surface area contributed by atoms with Crippen LogP contribution in [0.25, 0.3) is 0 Å². The maximum absolute atomic E-state index is 5.47. The summed E-state index contributed by atoms with van der Waals surface area (Å²) in [4.78, 5) is 0. The first kappa shape index (κ1) is 13.9. The van der Waals surface area contributed by atoms with E-state index in [1.807, 2.05) is 13.8 Å². The van der Waals surface area contributed by atoms with Gasteiger partial charge in [0, 0.05) is 19.8 Å². The summed E-state index contributed by atoms with van der Waals surface area (Å²) in [5, 5.41) is 6.82.